The number of rotatable bonds is 6. The normalized spacial score (nSPS) is 17.0. The van der Waals surface area contributed by atoms with E-state index in [-0.39, 0.29) is 44.7 Å². The first-order valence-electron chi connectivity index (χ1n) is 10.3. The Morgan fingerprint density at radius 3 is 2.63 bits per heavy atom. The molecule has 178 valence electrons. The molecule has 0 bridgehead atoms. The molecule has 3 aromatic rings. The quantitative estimate of drug-likeness (QED) is 0.135. The van der Waals surface area contributed by atoms with Crippen LogP contribution in [0.3, 0.4) is 0 Å². The van der Waals surface area contributed by atoms with Crippen molar-refractivity contribution in [3.8, 4) is 0 Å². The highest BCUT2D eigenvalue weighted by atomic mass is 32.1. The van der Waals surface area contributed by atoms with Gasteiger partial charge in [0, 0.05) is 30.1 Å². The number of carbonyl (C=O) groups excluding carboxylic acids is 3. The molecule has 1 atom stereocenters. The molecule has 1 N–H and O–H groups in total. The van der Waals surface area contributed by atoms with Gasteiger partial charge in [-0.3, -0.25) is 29.6 Å². The lowest BCUT2D eigenvalue weighted by molar-refractivity contribution is -0.384. The van der Waals surface area contributed by atoms with Crippen LogP contribution in [0.15, 0.2) is 54.4 Å². The van der Waals surface area contributed by atoms with Gasteiger partial charge in [0.15, 0.2) is 5.13 Å². The molecular weight excluding hydrogens is 476 g/mol. The number of hydrogen-bond donors (Lipinski definition) is 1. The maximum atomic E-state index is 13.2. The molecule has 3 heterocycles. The van der Waals surface area contributed by atoms with Crippen LogP contribution in [0, 0.1) is 17.0 Å². The number of aliphatic hydroxyl groups is 1. The van der Waals surface area contributed by atoms with Crippen LogP contribution in [0.4, 0.5) is 10.8 Å². The number of nitro groups is 1. The molecule has 2 aromatic heterocycles. The molecule has 1 amide bonds. The van der Waals surface area contributed by atoms with Crippen molar-refractivity contribution in [2.24, 2.45) is 0 Å². The zero-order valence-corrected chi connectivity index (χ0v) is 19.3. The Morgan fingerprint density at radius 2 is 1.97 bits per heavy atom. The van der Waals surface area contributed by atoms with Crippen molar-refractivity contribution in [1.29, 1.82) is 0 Å². The number of aryl methyl sites for hydroxylation is 1. The van der Waals surface area contributed by atoms with Crippen LogP contribution >= 0.6 is 11.3 Å². The van der Waals surface area contributed by atoms with Crippen LogP contribution in [0.5, 0.6) is 0 Å². The highest BCUT2D eigenvalue weighted by Gasteiger charge is 2.48. The van der Waals surface area contributed by atoms with E-state index in [0.717, 1.165) is 16.2 Å². The fourth-order valence-corrected chi connectivity index (χ4v) is 4.68. The average Bonchev–Trinajstić information content (AvgIpc) is 3.36. The number of nitro benzene ring substituents is 1. The van der Waals surface area contributed by atoms with Gasteiger partial charge < -0.3 is 9.84 Å². The van der Waals surface area contributed by atoms with Crippen LogP contribution in [0.25, 0.3) is 5.76 Å². The number of aliphatic hydroxyl groups excluding tert-OH is 1. The van der Waals surface area contributed by atoms with Crippen molar-refractivity contribution < 1.29 is 29.2 Å². The van der Waals surface area contributed by atoms with E-state index in [9.17, 15) is 29.6 Å². The molecular formula is C23H18N4O7S. The van der Waals surface area contributed by atoms with E-state index in [1.165, 1.54) is 48.8 Å². The van der Waals surface area contributed by atoms with Gasteiger partial charge in [0.25, 0.3) is 11.5 Å². The molecule has 0 aliphatic carbocycles. The highest BCUT2D eigenvalue weighted by Crippen LogP contribution is 2.44. The summed E-state index contributed by atoms with van der Waals surface area (Å²) in [6, 6.07) is 7.09. The Bertz CT molecular complexity index is 1380. The summed E-state index contributed by atoms with van der Waals surface area (Å²) in [5, 5.41) is 22.4. The van der Waals surface area contributed by atoms with Gasteiger partial charge >= 0.3 is 11.9 Å². The molecule has 0 spiro atoms. The summed E-state index contributed by atoms with van der Waals surface area (Å²) in [5.41, 5.74) is 0.194. The van der Waals surface area contributed by atoms with Crippen molar-refractivity contribution in [2.75, 3.05) is 11.5 Å². The molecule has 1 aliphatic heterocycles. The fourth-order valence-electron chi connectivity index (χ4n) is 3.69. The maximum Gasteiger partial charge on any atom is 0.350 e. The molecule has 1 unspecified atom stereocenters. The molecule has 12 heteroatoms. The number of carbonyl (C=O) groups is 3. The Labute approximate surface area is 202 Å². The van der Waals surface area contributed by atoms with Gasteiger partial charge in [0.05, 0.1) is 28.8 Å². The largest absolute Gasteiger partial charge is 0.507 e. The molecule has 11 nitrogen and oxygen atoms in total. The zero-order chi connectivity index (χ0) is 25.3. The number of esters is 1. The van der Waals surface area contributed by atoms with E-state index >= 15 is 0 Å². The van der Waals surface area contributed by atoms with Crippen molar-refractivity contribution >= 4 is 45.6 Å². The third kappa shape index (κ3) is 4.26. The fraction of sp³-hybridized carbons (Fsp3) is 0.174. The van der Waals surface area contributed by atoms with E-state index in [1.807, 2.05) is 0 Å². The predicted octanol–water partition coefficient (Wildman–Crippen LogP) is 3.56. The minimum atomic E-state index is -1.23. The third-order valence-electron chi connectivity index (χ3n) is 5.25. The molecule has 4 rings (SSSR count). The minimum Gasteiger partial charge on any atom is -0.507 e. The van der Waals surface area contributed by atoms with E-state index in [1.54, 1.807) is 13.8 Å². The molecule has 1 saturated heterocycles. The maximum absolute atomic E-state index is 13.2. The number of thiazole rings is 1. The Balaban J connectivity index is 1.94. The molecule has 1 aromatic carbocycles. The van der Waals surface area contributed by atoms with Crippen LogP contribution in [0.1, 0.15) is 39.5 Å². The monoisotopic (exact) mass is 494 g/mol. The SMILES string of the molecule is CCOC(=O)c1sc(N2C(=O)C(=O)/C(=C(/O)c3ccncc3)C2c2cccc([N+](=O)[O-])c2)nc1C. The third-order valence-corrected chi connectivity index (χ3v) is 6.38. The smallest absolute Gasteiger partial charge is 0.350 e. The molecule has 0 saturated carbocycles. The van der Waals surface area contributed by atoms with E-state index in [4.69, 9.17) is 4.74 Å². The number of amides is 1. The second-order valence-corrected chi connectivity index (χ2v) is 8.37. The zero-order valence-electron chi connectivity index (χ0n) is 18.5. The van der Waals surface area contributed by atoms with Crippen LogP contribution < -0.4 is 4.90 Å². The summed E-state index contributed by atoms with van der Waals surface area (Å²) < 4.78 is 5.03. The highest BCUT2D eigenvalue weighted by molar-refractivity contribution is 7.17. The first kappa shape index (κ1) is 23.7. The van der Waals surface area contributed by atoms with Crippen molar-refractivity contribution in [3.63, 3.8) is 0 Å². The predicted molar refractivity (Wildman–Crippen MR) is 125 cm³/mol. The topological polar surface area (TPSA) is 153 Å². The number of anilines is 1. The average molecular weight is 494 g/mol. The summed E-state index contributed by atoms with van der Waals surface area (Å²) in [6.45, 7) is 3.34. The lowest BCUT2D eigenvalue weighted by Crippen LogP contribution is -2.29. The Morgan fingerprint density at radius 1 is 1.26 bits per heavy atom. The minimum absolute atomic E-state index is 0.0120. The van der Waals surface area contributed by atoms with Gasteiger partial charge in [-0.2, -0.15) is 0 Å². The second-order valence-electron chi connectivity index (χ2n) is 7.39. The van der Waals surface area contributed by atoms with Gasteiger partial charge in [-0.05, 0) is 31.5 Å². The van der Waals surface area contributed by atoms with Gasteiger partial charge in [-0.1, -0.05) is 23.5 Å². The first-order valence-corrected chi connectivity index (χ1v) is 11.2. The van der Waals surface area contributed by atoms with Crippen LogP contribution in [-0.4, -0.2) is 44.3 Å². The van der Waals surface area contributed by atoms with E-state index in [2.05, 4.69) is 9.97 Å². The Kier molecular flexibility index (Phi) is 6.38. The number of hydrogen-bond acceptors (Lipinski definition) is 10. The number of benzene rings is 1. The number of Topliss-reactive ketones (excluding diaryl/α,β-unsaturated/α-hetero) is 1. The van der Waals surface area contributed by atoms with Crippen molar-refractivity contribution in [1.82, 2.24) is 9.97 Å². The van der Waals surface area contributed by atoms with Crippen LogP contribution in [0.2, 0.25) is 0 Å². The number of nitrogens with zero attached hydrogens (tertiary/aromatic N) is 4. The summed E-state index contributed by atoms with van der Waals surface area (Å²) in [6.07, 6.45) is 2.81. The lowest BCUT2D eigenvalue weighted by atomic mass is 9.95. The molecule has 35 heavy (non-hydrogen) atoms. The second kappa shape index (κ2) is 9.43. The number of non-ortho nitro benzene ring substituents is 1. The summed E-state index contributed by atoms with van der Waals surface area (Å²) in [4.78, 5) is 58.8. The van der Waals surface area contributed by atoms with Crippen LogP contribution in [-0.2, 0) is 14.3 Å². The van der Waals surface area contributed by atoms with Crippen molar-refractivity contribution in [3.05, 3.63) is 86.2 Å². The number of ketones is 1. The standard InChI is InChI=1S/C23H18N4O7S/c1-3-34-22(31)20-12(2)25-23(35-20)26-17(14-5-4-6-15(11-14)27(32)33)16(19(29)21(26)30)18(28)13-7-9-24-10-8-13/h4-11,17,28H,3H2,1-2H3/b18-16+. The van der Waals surface area contributed by atoms with Gasteiger partial charge in [-0.25, -0.2) is 9.78 Å². The lowest BCUT2D eigenvalue weighted by Gasteiger charge is -2.22. The summed E-state index contributed by atoms with van der Waals surface area (Å²) >= 11 is 0.848. The van der Waals surface area contributed by atoms with E-state index in [0.29, 0.717) is 0 Å². The number of ether oxygens (including phenoxy) is 1. The van der Waals surface area contributed by atoms with E-state index < -0.39 is 34.4 Å². The van der Waals surface area contributed by atoms with Gasteiger partial charge in [-0.15, -0.1) is 0 Å². The molecule has 1 aliphatic rings. The number of pyridine rings is 1. The summed E-state index contributed by atoms with van der Waals surface area (Å²) in [7, 11) is 0. The summed E-state index contributed by atoms with van der Waals surface area (Å²) in [5.74, 6) is -3.10. The first-order chi connectivity index (χ1) is 16.7. The molecule has 0 radical (unpaired) electrons. The Hall–Kier alpha value is -4.45. The van der Waals surface area contributed by atoms with Gasteiger partial charge in [0.2, 0.25) is 0 Å². The number of aromatic nitrogens is 2. The van der Waals surface area contributed by atoms with Crippen molar-refractivity contribution in [2.45, 2.75) is 19.9 Å². The molecule has 1 fully saturated rings. The van der Waals surface area contributed by atoms with Gasteiger partial charge in [0.1, 0.15) is 10.6 Å².